The van der Waals surface area contributed by atoms with Crippen LogP contribution in [0.5, 0.6) is 0 Å². The number of nitrogens with two attached hydrogens (primary N) is 1. The Kier molecular flexibility index (Phi) is 5.73. The van der Waals surface area contributed by atoms with Crippen LogP contribution in [0.1, 0.15) is 12.1 Å². The molecule has 1 rings (SSSR count). The van der Waals surface area contributed by atoms with Gasteiger partial charge in [0.2, 0.25) is 5.91 Å². The van der Waals surface area contributed by atoms with Crippen molar-refractivity contribution in [1.29, 1.82) is 0 Å². The molecule has 0 bridgehead atoms. The van der Waals surface area contributed by atoms with E-state index in [9.17, 15) is 14.4 Å². The molecule has 104 valence electrons. The lowest BCUT2D eigenvalue weighted by atomic mass is 10.2. The predicted octanol–water partition coefficient (Wildman–Crippen LogP) is -0.687. The van der Waals surface area contributed by atoms with Crippen molar-refractivity contribution in [1.82, 2.24) is 15.6 Å². The van der Waals surface area contributed by atoms with E-state index in [2.05, 4.69) is 15.6 Å². The van der Waals surface area contributed by atoms with E-state index in [1.165, 1.54) is 11.3 Å². The Labute approximate surface area is 113 Å². The zero-order valence-corrected chi connectivity index (χ0v) is 10.8. The number of rotatable bonds is 7. The third-order valence-electron chi connectivity index (χ3n) is 2.16. The van der Waals surface area contributed by atoms with Crippen molar-refractivity contribution in [3.8, 4) is 0 Å². The van der Waals surface area contributed by atoms with Gasteiger partial charge in [0, 0.05) is 18.3 Å². The second kappa shape index (κ2) is 7.31. The number of carbonyl (C=O) groups excluding carboxylic acids is 2. The molecule has 19 heavy (non-hydrogen) atoms. The summed E-state index contributed by atoms with van der Waals surface area (Å²) in [6, 6.07) is -1.99. The summed E-state index contributed by atoms with van der Waals surface area (Å²) in [7, 11) is 0. The van der Waals surface area contributed by atoms with Gasteiger partial charge in [0.05, 0.1) is 17.6 Å². The van der Waals surface area contributed by atoms with Crippen LogP contribution in [0.4, 0.5) is 4.79 Å². The molecule has 3 amide bonds. The molecular weight excluding hydrogens is 272 g/mol. The van der Waals surface area contributed by atoms with Crippen molar-refractivity contribution in [3.05, 3.63) is 16.6 Å². The lowest BCUT2D eigenvalue weighted by Gasteiger charge is -2.13. The number of hydrogen-bond acceptors (Lipinski definition) is 5. The van der Waals surface area contributed by atoms with Gasteiger partial charge in [-0.1, -0.05) is 0 Å². The van der Waals surface area contributed by atoms with E-state index in [-0.39, 0.29) is 0 Å². The Bertz CT molecular complexity index is 448. The molecule has 9 heteroatoms. The molecule has 0 aliphatic rings. The lowest BCUT2D eigenvalue weighted by Crippen LogP contribution is -2.48. The molecule has 0 spiro atoms. The minimum Gasteiger partial charge on any atom is -0.480 e. The van der Waals surface area contributed by atoms with E-state index < -0.39 is 30.4 Å². The Hall–Kier alpha value is -2.16. The Morgan fingerprint density at radius 3 is 2.74 bits per heavy atom. The number of carboxylic acids is 1. The molecule has 0 saturated carbocycles. The second-order valence-corrected chi connectivity index (χ2v) is 4.41. The van der Waals surface area contributed by atoms with Gasteiger partial charge in [-0.3, -0.25) is 4.79 Å². The smallest absolute Gasteiger partial charge is 0.326 e. The number of aliphatic carboxylic acids is 1. The normalized spacial score (nSPS) is 11.6. The zero-order chi connectivity index (χ0) is 14.3. The molecule has 1 atom stereocenters. The van der Waals surface area contributed by atoms with Gasteiger partial charge in [0.25, 0.3) is 0 Å². The van der Waals surface area contributed by atoms with Crippen LogP contribution in [-0.4, -0.2) is 40.6 Å². The summed E-state index contributed by atoms with van der Waals surface area (Å²) in [6.45, 7) is 0.318. The standard InChI is InChI=1S/C10H14N4O4S/c11-8(15)3-7(9(16)17)14-10(18)12-2-1-6-4-19-5-13-6/h4-5,7H,1-3H2,(H2,11,15)(H,16,17)(H2,12,14,18)/t7-/m0/s1. The van der Waals surface area contributed by atoms with Crippen LogP contribution in [-0.2, 0) is 16.0 Å². The first kappa shape index (κ1) is 14.9. The van der Waals surface area contributed by atoms with Gasteiger partial charge in [-0.15, -0.1) is 11.3 Å². The highest BCUT2D eigenvalue weighted by Crippen LogP contribution is 2.00. The first-order valence-corrected chi connectivity index (χ1v) is 6.36. The largest absolute Gasteiger partial charge is 0.480 e. The Balaban J connectivity index is 2.32. The summed E-state index contributed by atoms with van der Waals surface area (Å²) < 4.78 is 0. The molecule has 0 unspecified atom stereocenters. The van der Waals surface area contributed by atoms with Crippen molar-refractivity contribution >= 4 is 29.2 Å². The minimum absolute atomic E-state index is 0.318. The highest BCUT2D eigenvalue weighted by molar-refractivity contribution is 7.07. The van der Waals surface area contributed by atoms with Crippen LogP contribution < -0.4 is 16.4 Å². The highest BCUT2D eigenvalue weighted by Gasteiger charge is 2.21. The first-order chi connectivity index (χ1) is 8.99. The molecule has 1 aromatic heterocycles. The number of thiazole rings is 1. The van der Waals surface area contributed by atoms with Gasteiger partial charge in [-0.25, -0.2) is 14.6 Å². The third-order valence-corrected chi connectivity index (χ3v) is 2.79. The lowest BCUT2D eigenvalue weighted by molar-refractivity contribution is -0.140. The fraction of sp³-hybridized carbons (Fsp3) is 0.400. The van der Waals surface area contributed by atoms with Gasteiger partial charge in [-0.05, 0) is 0 Å². The van der Waals surface area contributed by atoms with E-state index in [4.69, 9.17) is 10.8 Å². The number of hydrogen-bond donors (Lipinski definition) is 4. The molecule has 0 aliphatic carbocycles. The summed E-state index contributed by atoms with van der Waals surface area (Å²) in [5, 5.41) is 15.3. The maximum absolute atomic E-state index is 11.4. The van der Waals surface area contributed by atoms with Gasteiger partial charge >= 0.3 is 12.0 Å². The number of carbonyl (C=O) groups is 3. The summed E-state index contributed by atoms with van der Waals surface area (Å²) in [4.78, 5) is 36.9. The van der Waals surface area contributed by atoms with E-state index in [0.29, 0.717) is 13.0 Å². The number of aromatic nitrogens is 1. The van der Waals surface area contributed by atoms with Crippen molar-refractivity contribution in [3.63, 3.8) is 0 Å². The molecule has 0 aliphatic heterocycles. The van der Waals surface area contributed by atoms with Crippen LogP contribution in [0, 0.1) is 0 Å². The third kappa shape index (κ3) is 5.82. The molecule has 0 aromatic carbocycles. The number of urea groups is 1. The monoisotopic (exact) mass is 286 g/mol. The van der Waals surface area contributed by atoms with E-state index in [1.54, 1.807) is 5.51 Å². The maximum Gasteiger partial charge on any atom is 0.326 e. The second-order valence-electron chi connectivity index (χ2n) is 3.69. The van der Waals surface area contributed by atoms with Gasteiger partial charge < -0.3 is 21.5 Å². The highest BCUT2D eigenvalue weighted by atomic mass is 32.1. The van der Waals surface area contributed by atoms with E-state index in [0.717, 1.165) is 5.69 Å². The van der Waals surface area contributed by atoms with Crippen LogP contribution in [0.25, 0.3) is 0 Å². The minimum atomic E-state index is -1.32. The van der Waals surface area contributed by atoms with Crippen LogP contribution in [0.3, 0.4) is 0 Å². The first-order valence-electron chi connectivity index (χ1n) is 5.41. The Morgan fingerprint density at radius 1 is 1.47 bits per heavy atom. The number of amides is 3. The number of nitrogens with zero attached hydrogens (tertiary/aromatic N) is 1. The predicted molar refractivity (Wildman–Crippen MR) is 67.6 cm³/mol. The fourth-order valence-corrected chi connectivity index (χ4v) is 1.87. The molecule has 0 fully saturated rings. The molecule has 0 saturated heterocycles. The average molecular weight is 286 g/mol. The summed E-state index contributed by atoms with van der Waals surface area (Å²) >= 11 is 1.45. The maximum atomic E-state index is 11.4. The number of primary amides is 1. The quantitative estimate of drug-likeness (QED) is 0.526. The van der Waals surface area contributed by atoms with Gasteiger partial charge in [-0.2, -0.15) is 0 Å². The molecule has 1 heterocycles. The van der Waals surface area contributed by atoms with E-state index in [1.807, 2.05) is 5.38 Å². The summed E-state index contributed by atoms with van der Waals surface area (Å²) in [6.07, 6.45) is 0.0965. The zero-order valence-electron chi connectivity index (χ0n) is 9.96. The van der Waals surface area contributed by atoms with Crippen molar-refractivity contribution in [2.24, 2.45) is 5.73 Å². The topological polar surface area (TPSA) is 134 Å². The molecule has 1 aromatic rings. The van der Waals surface area contributed by atoms with Crippen molar-refractivity contribution < 1.29 is 19.5 Å². The van der Waals surface area contributed by atoms with Crippen molar-refractivity contribution in [2.45, 2.75) is 18.9 Å². The van der Waals surface area contributed by atoms with Gasteiger partial charge in [0.15, 0.2) is 0 Å². The molecule has 8 nitrogen and oxygen atoms in total. The van der Waals surface area contributed by atoms with Crippen molar-refractivity contribution in [2.75, 3.05) is 6.54 Å². The van der Waals surface area contributed by atoms with Crippen LogP contribution >= 0.6 is 11.3 Å². The summed E-state index contributed by atoms with van der Waals surface area (Å²) in [5.74, 6) is -2.11. The number of nitrogens with one attached hydrogen (secondary N) is 2. The molecule has 5 N–H and O–H groups in total. The van der Waals surface area contributed by atoms with Gasteiger partial charge in [0.1, 0.15) is 6.04 Å². The van der Waals surface area contributed by atoms with E-state index >= 15 is 0 Å². The fourth-order valence-electron chi connectivity index (χ4n) is 1.28. The SMILES string of the molecule is NC(=O)C[C@H](NC(=O)NCCc1cscn1)C(=O)O. The van der Waals surface area contributed by atoms with Crippen LogP contribution in [0.15, 0.2) is 10.9 Å². The molecule has 0 radical (unpaired) electrons. The van der Waals surface area contributed by atoms with Crippen LogP contribution in [0.2, 0.25) is 0 Å². The molecular formula is C10H14N4O4S. The Morgan fingerprint density at radius 2 is 2.21 bits per heavy atom. The average Bonchev–Trinajstić information content (AvgIpc) is 2.80. The summed E-state index contributed by atoms with van der Waals surface area (Å²) in [5.41, 5.74) is 7.42. The number of carboxylic acid groups (broad SMARTS) is 1.